The minimum atomic E-state index is -3.21. The number of carbonyl (C=O) groups excluding carboxylic acids is 1. The molecular formula is C31H37F2N3O2S. The van der Waals surface area contributed by atoms with Crippen LogP contribution < -0.4 is 15.0 Å². The lowest BCUT2D eigenvalue weighted by Gasteiger charge is -2.41. The van der Waals surface area contributed by atoms with Crippen molar-refractivity contribution in [1.82, 2.24) is 10.2 Å². The van der Waals surface area contributed by atoms with Gasteiger partial charge in [0.05, 0.1) is 0 Å². The molecule has 1 aliphatic rings. The number of benzene rings is 2. The zero-order valence-corrected chi connectivity index (χ0v) is 23.7. The van der Waals surface area contributed by atoms with Crippen LogP contribution in [0.15, 0.2) is 71.6 Å². The largest absolute Gasteiger partial charge is 0.433 e. The predicted molar refractivity (Wildman–Crippen MR) is 155 cm³/mol. The Bertz CT molecular complexity index is 1230. The molecule has 5 nitrogen and oxygen atoms in total. The molecule has 1 fully saturated rings. The number of hydrogen-bond acceptors (Lipinski definition) is 5. The summed E-state index contributed by atoms with van der Waals surface area (Å²) in [7, 11) is 0. The molecule has 1 saturated heterocycles. The van der Waals surface area contributed by atoms with E-state index in [9.17, 15) is 13.6 Å². The Morgan fingerprint density at radius 2 is 1.79 bits per heavy atom. The maximum absolute atomic E-state index is 13.3. The number of halogens is 2. The third kappa shape index (κ3) is 7.82. The molecule has 1 aromatic heterocycles. The van der Waals surface area contributed by atoms with E-state index in [2.05, 4.69) is 38.5 Å². The Hall–Kier alpha value is -3.39. The maximum atomic E-state index is 13.3. The van der Waals surface area contributed by atoms with E-state index in [1.807, 2.05) is 44.2 Å². The highest BCUT2D eigenvalue weighted by Gasteiger charge is 2.27. The zero-order chi connectivity index (χ0) is 28.0. The van der Waals surface area contributed by atoms with Crippen molar-refractivity contribution in [1.29, 1.82) is 0 Å². The summed E-state index contributed by atoms with van der Waals surface area (Å²) in [5.41, 5.74) is 5.95. The standard InChI is InChI=1S/C31H37F2N3O2S/c1-22-6-5-7-23(2)29(22)30(37)34-16-12-24(3)35-17-13-27(14-18-35)36(20-25-15-19-39-21-25)26-8-10-28(11-9-26)38-31(4,32)33/h5-11,15,19,21,27H,3,12-14,16-18,20H2,1-2,4H3,(H,34,37). The lowest BCUT2D eigenvalue weighted by Crippen LogP contribution is -2.44. The predicted octanol–water partition coefficient (Wildman–Crippen LogP) is 7.16. The first-order valence-electron chi connectivity index (χ1n) is 13.3. The molecule has 0 saturated carbocycles. The molecule has 0 radical (unpaired) electrons. The molecular weight excluding hydrogens is 516 g/mol. The highest BCUT2D eigenvalue weighted by Crippen LogP contribution is 2.30. The van der Waals surface area contributed by atoms with Gasteiger partial charge in [0.2, 0.25) is 0 Å². The van der Waals surface area contributed by atoms with E-state index in [0.29, 0.717) is 19.0 Å². The van der Waals surface area contributed by atoms with Gasteiger partial charge in [-0.3, -0.25) is 4.79 Å². The molecule has 1 amide bonds. The van der Waals surface area contributed by atoms with Gasteiger partial charge < -0.3 is 19.9 Å². The number of nitrogens with zero attached hydrogens (tertiary/aromatic N) is 2. The molecule has 1 aliphatic heterocycles. The number of nitrogens with one attached hydrogen (secondary N) is 1. The number of piperidine rings is 1. The van der Waals surface area contributed by atoms with Gasteiger partial charge in [-0.15, -0.1) is 0 Å². The van der Waals surface area contributed by atoms with E-state index < -0.39 is 6.11 Å². The minimum absolute atomic E-state index is 0.0414. The number of amides is 1. The number of likely N-dealkylation sites (tertiary alicyclic amines) is 1. The van der Waals surface area contributed by atoms with Crippen LogP contribution in [0.5, 0.6) is 5.75 Å². The molecule has 0 bridgehead atoms. The first kappa shape index (κ1) is 28.6. The fraction of sp³-hybridized carbons (Fsp3) is 0.387. The normalized spacial score (nSPS) is 14.2. The smallest absolute Gasteiger partial charge is 0.394 e. The fourth-order valence-electron chi connectivity index (χ4n) is 5.16. The highest BCUT2D eigenvalue weighted by molar-refractivity contribution is 7.07. The Morgan fingerprint density at radius 1 is 1.13 bits per heavy atom. The van der Waals surface area contributed by atoms with Crippen molar-refractivity contribution in [3.05, 3.63) is 93.8 Å². The SMILES string of the molecule is C=C(CCNC(=O)c1c(C)cccc1C)N1CCC(N(Cc2ccsc2)c2ccc(OC(C)(F)F)cc2)CC1. The highest BCUT2D eigenvalue weighted by atomic mass is 32.1. The lowest BCUT2D eigenvalue weighted by atomic mass is 10.0. The Balaban J connectivity index is 1.33. The summed E-state index contributed by atoms with van der Waals surface area (Å²) < 4.78 is 31.3. The maximum Gasteiger partial charge on any atom is 0.394 e. The van der Waals surface area contributed by atoms with Crippen LogP contribution in [0.3, 0.4) is 0 Å². The molecule has 0 aliphatic carbocycles. The number of ether oxygens (including phenoxy) is 1. The number of anilines is 1. The van der Waals surface area contributed by atoms with Crippen LogP contribution in [-0.4, -0.2) is 42.6 Å². The third-order valence-corrected chi connectivity index (χ3v) is 7.89. The summed E-state index contributed by atoms with van der Waals surface area (Å²) in [6, 6.07) is 15.2. The van der Waals surface area contributed by atoms with Crippen LogP contribution >= 0.6 is 11.3 Å². The second kappa shape index (κ2) is 12.6. The van der Waals surface area contributed by atoms with Crippen molar-refractivity contribution >= 4 is 22.9 Å². The second-order valence-electron chi connectivity index (χ2n) is 10.2. The van der Waals surface area contributed by atoms with Crippen molar-refractivity contribution in [2.24, 2.45) is 0 Å². The average molecular weight is 554 g/mol. The monoisotopic (exact) mass is 553 g/mol. The molecule has 3 aromatic rings. The van der Waals surface area contributed by atoms with E-state index in [1.165, 1.54) is 5.56 Å². The van der Waals surface area contributed by atoms with Crippen LogP contribution in [0.1, 0.15) is 53.2 Å². The van der Waals surface area contributed by atoms with Gasteiger partial charge in [-0.1, -0.05) is 24.8 Å². The van der Waals surface area contributed by atoms with Gasteiger partial charge in [0.25, 0.3) is 5.91 Å². The van der Waals surface area contributed by atoms with Gasteiger partial charge in [0.1, 0.15) is 5.75 Å². The molecule has 2 heterocycles. The number of thiophene rings is 1. The number of rotatable bonds is 11. The minimum Gasteiger partial charge on any atom is -0.433 e. The summed E-state index contributed by atoms with van der Waals surface area (Å²) in [5.74, 6) is 0.109. The molecule has 39 heavy (non-hydrogen) atoms. The van der Waals surface area contributed by atoms with E-state index >= 15 is 0 Å². The number of aryl methyl sites for hydroxylation is 2. The van der Waals surface area contributed by atoms with Gasteiger partial charge in [0.15, 0.2) is 0 Å². The molecule has 0 atom stereocenters. The van der Waals surface area contributed by atoms with Crippen LogP contribution in [-0.2, 0) is 6.54 Å². The molecule has 2 aromatic carbocycles. The van der Waals surface area contributed by atoms with E-state index in [1.54, 1.807) is 23.5 Å². The van der Waals surface area contributed by atoms with Crippen molar-refractivity contribution in [3.63, 3.8) is 0 Å². The molecule has 0 unspecified atom stereocenters. The van der Waals surface area contributed by atoms with E-state index in [0.717, 1.165) is 67.5 Å². The van der Waals surface area contributed by atoms with Crippen LogP contribution in [0, 0.1) is 13.8 Å². The van der Waals surface area contributed by atoms with Crippen molar-refractivity contribution in [3.8, 4) is 5.75 Å². The molecule has 8 heteroatoms. The summed E-state index contributed by atoms with van der Waals surface area (Å²) in [4.78, 5) is 17.4. The second-order valence-corrected chi connectivity index (χ2v) is 11.0. The van der Waals surface area contributed by atoms with Gasteiger partial charge in [-0.25, -0.2) is 0 Å². The van der Waals surface area contributed by atoms with Crippen LogP contribution in [0.25, 0.3) is 0 Å². The summed E-state index contributed by atoms with van der Waals surface area (Å²) >= 11 is 1.67. The average Bonchev–Trinajstić information content (AvgIpc) is 3.40. The lowest BCUT2D eigenvalue weighted by molar-refractivity contribution is -0.158. The molecule has 0 spiro atoms. The first-order valence-corrected chi connectivity index (χ1v) is 14.3. The van der Waals surface area contributed by atoms with Crippen molar-refractivity contribution < 1.29 is 18.3 Å². The molecule has 1 N–H and O–H groups in total. The van der Waals surface area contributed by atoms with Crippen LogP contribution in [0.2, 0.25) is 0 Å². The summed E-state index contributed by atoms with van der Waals surface area (Å²) in [6.45, 7) is 12.0. The molecule has 208 valence electrons. The summed E-state index contributed by atoms with van der Waals surface area (Å²) in [6.07, 6.45) is -0.620. The number of alkyl halides is 2. The Labute approximate surface area is 234 Å². The van der Waals surface area contributed by atoms with Gasteiger partial charge in [0, 0.05) is 62.5 Å². The zero-order valence-electron chi connectivity index (χ0n) is 22.9. The number of hydrogen-bond donors (Lipinski definition) is 1. The van der Waals surface area contributed by atoms with Gasteiger partial charge in [-0.2, -0.15) is 20.1 Å². The fourth-order valence-corrected chi connectivity index (χ4v) is 5.82. The quantitative estimate of drug-likeness (QED) is 0.274. The van der Waals surface area contributed by atoms with Gasteiger partial charge >= 0.3 is 6.11 Å². The van der Waals surface area contributed by atoms with Crippen molar-refractivity contribution in [2.45, 2.75) is 58.7 Å². The Morgan fingerprint density at radius 3 is 2.38 bits per heavy atom. The first-order chi connectivity index (χ1) is 18.6. The Kier molecular flexibility index (Phi) is 9.28. The van der Waals surface area contributed by atoms with Gasteiger partial charge in [-0.05, 0) is 84.5 Å². The molecule has 4 rings (SSSR count). The van der Waals surface area contributed by atoms with Crippen molar-refractivity contribution in [2.75, 3.05) is 24.5 Å². The topological polar surface area (TPSA) is 44.8 Å². The van der Waals surface area contributed by atoms with E-state index in [4.69, 9.17) is 4.74 Å². The van der Waals surface area contributed by atoms with E-state index in [-0.39, 0.29) is 11.7 Å². The summed E-state index contributed by atoms with van der Waals surface area (Å²) in [5, 5.41) is 7.27. The third-order valence-electron chi connectivity index (χ3n) is 7.16. The number of carbonyl (C=O) groups is 1. The van der Waals surface area contributed by atoms with Crippen LogP contribution in [0.4, 0.5) is 14.5 Å².